The molecule has 1 amide bonds. The molecule has 0 bridgehead atoms. The fourth-order valence-electron chi connectivity index (χ4n) is 4.05. The molecule has 164 valence electrons. The predicted octanol–water partition coefficient (Wildman–Crippen LogP) is 2.78. The molecule has 0 aliphatic carbocycles. The van der Waals surface area contributed by atoms with Gasteiger partial charge in [-0.15, -0.1) is 5.10 Å². The van der Waals surface area contributed by atoms with Gasteiger partial charge in [-0.2, -0.15) is 0 Å². The molecule has 8 nitrogen and oxygen atoms in total. The zero-order valence-corrected chi connectivity index (χ0v) is 18.3. The van der Waals surface area contributed by atoms with Crippen molar-refractivity contribution in [2.75, 3.05) is 32.8 Å². The molecule has 1 atom stereocenters. The van der Waals surface area contributed by atoms with Gasteiger partial charge in [0, 0.05) is 32.7 Å². The van der Waals surface area contributed by atoms with Crippen LogP contribution in [0, 0.1) is 5.92 Å². The van der Waals surface area contributed by atoms with E-state index in [0.717, 1.165) is 44.6 Å². The van der Waals surface area contributed by atoms with Gasteiger partial charge in [-0.1, -0.05) is 11.3 Å². The zero-order valence-electron chi connectivity index (χ0n) is 18.3. The van der Waals surface area contributed by atoms with Gasteiger partial charge in [0.05, 0.1) is 12.8 Å². The molecule has 3 rings (SSSR count). The Labute approximate surface area is 178 Å². The Morgan fingerprint density at radius 3 is 2.83 bits per heavy atom. The first-order valence-electron chi connectivity index (χ1n) is 10.9. The highest BCUT2D eigenvalue weighted by Crippen LogP contribution is 2.28. The van der Waals surface area contributed by atoms with Gasteiger partial charge in [0.2, 0.25) is 0 Å². The van der Waals surface area contributed by atoms with Crippen molar-refractivity contribution in [3.8, 4) is 11.5 Å². The number of carbonyl (C=O) groups excluding carboxylic acids is 1. The van der Waals surface area contributed by atoms with Crippen LogP contribution in [0.1, 0.15) is 49.7 Å². The maximum absolute atomic E-state index is 12.4. The van der Waals surface area contributed by atoms with Crippen molar-refractivity contribution in [2.45, 2.75) is 46.7 Å². The second kappa shape index (κ2) is 10.4. The number of aromatic nitrogens is 3. The summed E-state index contributed by atoms with van der Waals surface area (Å²) in [5, 5.41) is 18.2. The second-order valence-corrected chi connectivity index (χ2v) is 7.78. The molecule has 1 saturated heterocycles. The number of phenols is 1. The van der Waals surface area contributed by atoms with E-state index in [1.807, 2.05) is 32.9 Å². The van der Waals surface area contributed by atoms with Crippen molar-refractivity contribution in [3.63, 3.8) is 0 Å². The number of amides is 1. The first-order valence-corrected chi connectivity index (χ1v) is 10.9. The summed E-state index contributed by atoms with van der Waals surface area (Å²) < 4.78 is 7.31. The average molecular weight is 416 g/mol. The third kappa shape index (κ3) is 5.50. The molecule has 1 unspecified atom stereocenters. The van der Waals surface area contributed by atoms with E-state index in [1.54, 1.807) is 21.8 Å². The number of carbonyl (C=O) groups is 1. The van der Waals surface area contributed by atoms with E-state index in [4.69, 9.17) is 4.74 Å². The molecule has 1 fully saturated rings. The van der Waals surface area contributed by atoms with Gasteiger partial charge in [-0.25, -0.2) is 0 Å². The third-order valence-corrected chi connectivity index (χ3v) is 5.59. The number of hydrogen-bond donors (Lipinski definition) is 1. The van der Waals surface area contributed by atoms with Crippen LogP contribution in [-0.4, -0.2) is 68.6 Å². The molecular formula is C22H33N5O3. The monoisotopic (exact) mass is 415 g/mol. The van der Waals surface area contributed by atoms with Gasteiger partial charge < -0.3 is 14.7 Å². The number of hydrogen-bond acceptors (Lipinski definition) is 6. The number of rotatable bonds is 9. The van der Waals surface area contributed by atoms with Gasteiger partial charge >= 0.3 is 0 Å². The third-order valence-electron chi connectivity index (χ3n) is 5.59. The summed E-state index contributed by atoms with van der Waals surface area (Å²) in [5.41, 5.74) is 1.55. The van der Waals surface area contributed by atoms with E-state index in [0.29, 0.717) is 37.1 Å². The van der Waals surface area contributed by atoms with Crippen LogP contribution in [0.4, 0.5) is 0 Å². The second-order valence-electron chi connectivity index (χ2n) is 7.78. The van der Waals surface area contributed by atoms with Gasteiger partial charge in [-0.3, -0.25) is 14.4 Å². The molecule has 2 aromatic rings. The fourth-order valence-corrected chi connectivity index (χ4v) is 4.05. The van der Waals surface area contributed by atoms with E-state index in [2.05, 4.69) is 15.2 Å². The molecule has 1 aromatic heterocycles. The summed E-state index contributed by atoms with van der Waals surface area (Å²) in [6.07, 6.45) is 4.03. The van der Waals surface area contributed by atoms with Crippen LogP contribution in [0.3, 0.4) is 0 Å². The minimum atomic E-state index is -0.0612. The molecule has 0 radical (unpaired) electrons. The lowest BCUT2D eigenvalue weighted by Gasteiger charge is -2.32. The van der Waals surface area contributed by atoms with Crippen molar-refractivity contribution < 1.29 is 14.6 Å². The number of likely N-dealkylation sites (tertiary alicyclic amines) is 1. The first-order chi connectivity index (χ1) is 14.5. The molecule has 8 heteroatoms. The predicted molar refractivity (Wildman–Crippen MR) is 115 cm³/mol. The van der Waals surface area contributed by atoms with Gasteiger partial charge in [0.25, 0.3) is 5.91 Å². The van der Waals surface area contributed by atoms with E-state index in [-0.39, 0.29) is 11.7 Å². The summed E-state index contributed by atoms with van der Waals surface area (Å²) in [5.74, 6) is 1.12. The van der Waals surface area contributed by atoms with E-state index < -0.39 is 0 Å². The number of phenolic OH excluding ortho intramolecular Hbond substituents is 1. The number of nitrogens with zero attached hydrogens (tertiary/aromatic N) is 5. The standard InChI is InChI=1S/C22H33N5O3/c1-4-26(5-2)22(29)19-16-27(24-23-19)15-18-8-7-11-25(14-18)13-17-9-10-20(28)21(12-17)30-6-3/h9-10,12,16,18,28H,4-8,11,13-15H2,1-3H3. The molecule has 0 spiro atoms. The number of piperidine rings is 1. The molecule has 0 saturated carbocycles. The minimum absolute atomic E-state index is 0.0612. The van der Waals surface area contributed by atoms with Crippen molar-refractivity contribution in [3.05, 3.63) is 35.7 Å². The lowest BCUT2D eigenvalue weighted by molar-refractivity contribution is 0.0767. The van der Waals surface area contributed by atoms with Crippen LogP contribution in [0.2, 0.25) is 0 Å². The number of benzene rings is 1. The normalized spacial score (nSPS) is 17.1. The Kier molecular flexibility index (Phi) is 7.68. The van der Waals surface area contributed by atoms with Crippen LogP contribution in [-0.2, 0) is 13.1 Å². The van der Waals surface area contributed by atoms with Gasteiger partial charge in [0.15, 0.2) is 17.2 Å². The quantitative estimate of drug-likeness (QED) is 0.678. The SMILES string of the molecule is CCOc1cc(CN2CCCC(Cn3cc(C(=O)N(CC)CC)nn3)C2)ccc1O. The van der Waals surface area contributed by atoms with Gasteiger partial charge in [0.1, 0.15) is 0 Å². The summed E-state index contributed by atoms with van der Waals surface area (Å²) in [6.45, 7) is 11.3. The fraction of sp³-hybridized carbons (Fsp3) is 0.591. The summed E-state index contributed by atoms with van der Waals surface area (Å²) in [4.78, 5) is 16.6. The highest BCUT2D eigenvalue weighted by Gasteiger charge is 2.22. The molecule has 1 aromatic carbocycles. The van der Waals surface area contributed by atoms with Crippen LogP contribution in [0.5, 0.6) is 11.5 Å². The molecule has 1 aliphatic heterocycles. The van der Waals surface area contributed by atoms with Crippen LogP contribution >= 0.6 is 0 Å². The van der Waals surface area contributed by atoms with E-state index in [1.165, 1.54) is 0 Å². The first kappa shape index (κ1) is 22.1. The molecule has 2 heterocycles. The summed E-state index contributed by atoms with van der Waals surface area (Å²) >= 11 is 0. The van der Waals surface area contributed by atoms with Crippen LogP contribution < -0.4 is 4.74 Å². The average Bonchev–Trinajstić information content (AvgIpc) is 3.20. The van der Waals surface area contributed by atoms with Crippen molar-refractivity contribution in [1.82, 2.24) is 24.8 Å². The Balaban J connectivity index is 1.58. The summed E-state index contributed by atoms with van der Waals surface area (Å²) in [7, 11) is 0. The number of aromatic hydroxyl groups is 1. The largest absolute Gasteiger partial charge is 0.504 e. The maximum Gasteiger partial charge on any atom is 0.276 e. The lowest BCUT2D eigenvalue weighted by Crippen LogP contribution is -2.36. The lowest BCUT2D eigenvalue weighted by atomic mass is 9.97. The Hall–Kier alpha value is -2.61. The number of ether oxygens (including phenoxy) is 1. The molecule has 1 aliphatic rings. The van der Waals surface area contributed by atoms with E-state index in [9.17, 15) is 9.90 Å². The van der Waals surface area contributed by atoms with E-state index >= 15 is 0 Å². The molecular weight excluding hydrogens is 382 g/mol. The highest BCUT2D eigenvalue weighted by molar-refractivity contribution is 5.91. The van der Waals surface area contributed by atoms with Crippen molar-refractivity contribution >= 4 is 5.91 Å². The Morgan fingerprint density at radius 1 is 1.30 bits per heavy atom. The van der Waals surface area contributed by atoms with Crippen LogP contribution in [0.15, 0.2) is 24.4 Å². The van der Waals surface area contributed by atoms with Gasteiger partial charge in [-0.05, 0) is 63.8 Å². The summed E-state index contributed by atoms with van der Waals surface area (Å²) in [6, 6.07) is 5.57. The Morgan fingerprint density at radius 2 is 2.10 bits per heavy atom. The smallest absolute Gasteiger partial charge is 0.276 e. The van der Waals surface area contributed by atoms with Crippen LogP contribution in [0.25, 0.3) is 0 Å². The molecule has 1 N–H and O–H groups in total. The zero-order chi connectivity index (χ0) is 21.5. The van der Waals surface area contributed by atoms with Crippen molar-refractivity contribution in [1.29, 1.82) is 0 Å². The minimum Gasteiger partial charge on any atom is -0.504 e. The Bertz CT molecular complexity index is 834. The molecule has 30 heavy (non-hydrogen) atoms. The maximum atomic E-state index is 12.4. The van der Waals surface area contributed by atoms with Crippen molar-refractivity contribution in [2.24, 2.45) is 5.92 Å². The highest BCUT2D eigenvalue weighted by atomic mass is 16.5. The topological polar surface area (TPSA) is 83.7 Å².